The van der Waals surface area contributed by atoms with E-state index in [1.165, 1.54) is 12.1 Å². The van der Waals surface area contributed by atoms with E-state index in [4.69, 9.17) is 0 Å². The SMILES string of the molecule is O=C(C1CC1c1ccc(F)cc1F)N1CCC(N2CCNCC2)C1. The molecule has 0 spiro atoms. The number of carbonyl (C=O) groups is 1. The lowest BCUT2D eigenvalue weighted by Gasteiger charge is -2.32. The molecule has 2 heterocycles. The zero-order chi connectivity index (χ0) is 16.7. The van der Waals surface area contributed by atoms with E-state index in [2.05, 4.69) is 10.2 Å². The summed E-state index contributed by atoms with van der Waals surface area (Å²) in [4.78, 5) is 17.1. The van der Waals surface area contributed by atoms with Crippen molar-refractivity contribution in [3.63, 3.8) is 0 Å². The van der Waals surface area contributed by atoms with Gasteiger partial charge >= 0.3 is 0 Å². The third-order valence-electron chi connectivity index (χ3n) is 5.61. The highest BCUT2D eigenvalue weighted by Gasteiger charge is 2.48. The lowest BCUT2D eigenvalue weighted by molar-refractivity contribution is -0.131. The van der Waals surface area contributed by atoms with E-state index < -0.39 is 11.6 Å². The molecular weight excluding hydrogens is 312 g/mol. The molecule has 24 heavy (non-hydrogen) atoms. The Balaban J connectivity index is 1.36. The van der Waals surface area contributed by atoms with Crippen molar-refractivity contribution in [2.24, 2.45) is 5.92 Å². The van der Waals surface area contributed by atoms with Crippen LogP contribution < -0.4 is 5.32 Å². The lowest BCUT2D eigenvalue weighted by atomic mass is 10.1. The molecule has 0 bridgehead atoms. The van der Waals surface area contributed by atoms with Gasteiger partial charge in [0.2, 0.25) is 5.91 Å². The van der Waals surface area contributed by atoms with Crippen molar-refractivity contribution in [1.29, 1.82) is 0 Å². The minimum atomic E-state index is -0.571. The van der Waals surface area contributed by atoms with Gasteiger partial charge < -0.3 is 10.2 Å². The number of carbonyl (C=O) groups excluding carboxylic acids is 1. The number of benzene rings is 1. The molecule has 0 aromatic heterocycles. The Kier molecular flexibility index (Phi) is 4.26. The standard InChI is InChI=1S/C18H23F2N3O/c19-12-1-2-14(17(20)9-12)15-10-16(15)18(24)23-6-3-13(11-23)22-7-4-21-5-8-22/h1-2,9,13,15-16,21H,3-8,10-11H2. The number of amides is 1. The van der Waals surface area contributed by atoms with Crippen molar-refractivity contribution >= 4 is 5.91 Å². The van der Waals surface area contributed by atoms with E-state index in [9.17, 15) is 13.6 Å². The third kappa shape index (κ3) is 3.05. The topological polar surface area (TPSA) is 35.6 Å². The number of hydrogen-bond acceptors (Lipinski definition) is 3. The van der Waals surface area contributed by atoms with Crippen LogP contribution in [0.1, 0.15) is 24.3 Å². The Morgan fingerprint density at radius 1 is 1.17 bits per heavy atom. The molecule has 4 nitrogen and oxygen atoms in total. The van der Waals surface area contributed by atoms with Gasteiger partial charge in [0, 0.05) is 57.3 Å². The molecule has 0 radical (unpaired) electrons. The van der Waals surface area contributed by atoms with Gasteiger partial charge in [0.05, 0.1) is 0 Å². The van der Waals surface area contributed by atoms with Crippen LogP contribution in [0.4, 0.5) is 8.78 Å². The Hall–Kier alpha value is -1.53. The van der Waals surface area contributed by atoms with Crippen LogP contribution in [0.25, 0.3) is 0 Å². The smallest absolute Gasteiger partial charge is 0.226 e. The van der Waals surface area contributed by atoms with Crippen LogP contribution in [0.3, 0.4) is 0 Å². The van der Waals surface area contributed by atoms with Crippen LogP contribution in [0.2, 0.25) is 0 Å². The molecule has 130 valence electrons. The van der Waals surface area contributed by atoms with Gasteiger partial charge in [-0.25, -0.2) is 8.78 Å². The molecule has 3 fully saturated rings. The maximum absolute atomic E-state index is 13.9. The molecule has 3 atom stereocenters. The van der Waals surface area contributed by atoms with Crippen LogP contribution in [-0.2, 0) is 4.79 Å². The van der Waals surface area contributed by atoms with Gasteiger partial charge in [-0.15, -0.1) is 0 Å². The molecule has 1 aliphatic carbocycles. The van der Waals surface area contributed by atoms with Crippen LogP contribution in [0, 0.1) is 17.6 Å². The summed E-state index contributed by atoms with van der Waals surface area (Å²) in [6.07, 6.45) is 1.70. The summed E-state index contributed by atoms with van der Waals surface area (Å²) in [5.41, 5.74) is 0.479. The minimum Gasteiger partial charge on any atom is -0.341 e. The summed E-state index contributed by atoms with van der Waals surface area (Å²) in [5.74, 6) is -1.18. The molecule has 1 aromatic rings. The van der Waals surface area contributed by atoms with Gasteiger partial charge in [0.15, 0.2) is 0 Å². The van der Waals surface area contributed by atoms with E-state index in [1.807, 2.05) is 4.90 Å². The van der Waals surface area contributed by atoms with E-state index in [0.29, 0.717) is 18.0 Å². The van der Waals surface area contributed by atoms with Gasteiger partial charge in [-0.05, 0) is 30.4 Å². The second-order valence-electron chi connectivity index (χ2n) is 7.13. The van der Waals surface area contributed by atoms with E-state index in [-0.39, 0.29) is 17.7 Å². The number of halogens is 2. The molecule has 3 unspecified atom stereocenters. The van der Waals surface area contributed by atoms with Crippen molar-refractivity contribution in [3.8, 4) is 0 Å². The largest absolute Gasteiger partial charge is 0.341 e. The summed E-state index contributed by atoms with van der Waals surface area (Å²) in [7, 11) is 0. The zero-order valence-electron chi connectivity index (χ0n) is 13.7. The molecule has 1 amide bonds. The summed E-state index contributed by atoms with van der Waals surface area (Å²) in [5, 5.41) is 3.35. The van der Waals surface area contributed by atoms with Gasteiger partial charge in [-0.2, -0.15) is 0 Å². The monoisotopic (exact) mass is 335 g/mol. The predicted molar refractivity (Wildman–Crippen MR) is 86.6 cm³/mol. The van der Waals surface area contributed by atoms with Crippen LogP contribution >= 0.6 is 0 Å². The Labute approximate surface area is 140 Å². The molecule has 2 saturated heterocycles. The molecule has 2 aliphatic heterocycles. The first kappa shape index (κ1) is 16.0. The van der Waals surface area contributed by atoms with Crippen molar-refractivity contribution < 1.29 is 13.6 Å². The molecule has 1 aromatic carbocycles. The molecule has 3 aliphatic rings. The quantitative estimate of drug-likeness (QED) is 0.911. The number of nitrogens with zero attached hydrogens (tertiary/aromatic N) is 2. The summed E-state index contributed by atoms with van der Waals surface area (Å²) in [6, 6.07) is 4.12. The second kappa shape index (κ2) is 6.41. The van der Waals surface area contributed by atoms with Gasteiger partial charge in [0.25, 0.3) is 0 Å². The first-order valence-electron chi connectivity index (χ1n) is 8.82. The molecule has 1 saturated carbocycles. The van der Waals surface area contributed by atoms with E-state index in [1.54, 1.807) is 0 Å². The third-order valence-corrected chi connectivity index (χ3v) is 5.61. The lowest BCUT2D eigenvalue weighted by Crippen LogP contribution is -2.49. The van der Waals surface area contributed by atoms with Crippen LogP contribution in [0.5, 0.6) is 0 Å². The highest BCUT2D eigenvalue weighted by molar-refractivity contribution is 5.83. The van der Waals surface area contributed by atoms with Gasteiger partial charge in [-0.3, -0.25) is 9.69 Å². The summed E-state index contributed by atoms with van der Waals surface area (Å²) < 4.78 is 26.9. The zero-order valence-corrected chi connectivity index (χ0v) is 13.7. The second-order valence-corrected chi connectivity index (χ2v) is 7.13. The summed E-state index contributed by atoms with van der Waals surface area (Å²) in [6.45, 7) is 5.69. The van der Waals surface area contributed by atoms with Crippen molar-refractivity contribution in [1.82, 2.24) is 15.1 Å². The number of hydrogen-bond donors (Lipinski definition) is 1. The molecule has 1 N–H and O–H groups in total. The van der Waals surface area contributed by atoms with E-state index in [0.717, 1.165) is 51.8 Å². The molecule has 6 heteroatoms. The first-order chi connectivity index (χ1) is 11.6. The highest BCUT2D eigenvalue weighted by atomic mass is 19.1. The Bertz CT molecular complexity index is 633. The Morgan fingerprint density at radius 3 is 2.71 bits per heavy atom. The number of nitrogens with one attached hydrogen (secondary N) is 1. The molecule has 4 rings (SSSR count). The maximum Gasteiger partial charge on any atom is 0.226 e. The minimum absolute atomic E-state index is 0.0867. The predicted octanol–water partition coefficient (Wildman–Crippen LogP) is 1.57. The fourth-order valence-corrected chi connectivity index (χ4v) is 4.14. The summed E-state index contributed by atoms with van der Waals surface area (Å²) >= 11 is 0. The highest BCUT2D eigenvalue weighted by Crippen LogP contribution is 2.49. The number of rotatable bonds is 3. The number of piperazine rings is 1. The van der Waals surface area contributed by atoms with Crippen molar-refractivity contribution in [2.75, 3.05) is 39.3 Å². The average Bonchev–Trinajstić information content (AvgIpc) is 3.21. The van der Waals surface area contributed by atoms with Crippen molar-refractivity contribution in [3.05, 3.63) is 35.4 Å². The maximum atomic E-state index is 13.9. The number of likely N-dealkylation sites (tertiary alicyclic amines) is 1. The fraction of sp³-hybridized carbons (Fsp3) is 0.611. The van der Waals surface area contributed by atoms with Gasteiger partial charge in [0.1, 0.15) is 11.6 Å². The normalized spacial score (nSPS) is 30.6. The first-order valence-corrected chi connectivity index (χ1v) is 8.82. The van der Waals surface area contributed by atoms with E-state index >= 15 is 0 Å². The van der Waals surface area contributed by atoms with Crippen LogP contribution in [0.15, 0.2) is 18.2 Å². The fourth-order valence-electron chi connectivity index (χ4n) is 4.14. The van der Waals surface area contributed by atoms with Gasteiger partial charge in [-0.1, -0.05) is 6.07 Å². The average molecular weight is 335 g/mol. The molecular formula is C18H23F2N3O. The van der Waals surface area contributed by atoms with Crippen LogP contribution in [-0.4, -0.2) is 61.0 Å². The Morgan fingerprint density at radius 2 is 1.96 bits per heavy atom. The van der Waals surface area contributed by atoms with Crippen molar-refractivity contribution in [2.45, 2.75) is 24.8 Å².